The van der Waals surface area contributed by atoms with Gasteiger partial charge in [0, 0.05) is 6.42 Å². The van der Waals surface area contributed by atoms with Crippen LogP contribution in [-0.2, 0) is 20.7 Å². The molecule has 0 spiro atoms. The zero-order chi connectivity index (χ0) is 18.1. The Morgan fingerprint density at radius 3 is 2.19 bits per heavy atom. The molecule has 5 nitrogen and oxygen atoms in total. The number of hydrogen-bond acceptors (Lipinski definition) is 4. The van der Waals surface area contributed by atoms with Gasteiger partial charge >= 0.3 is 12.1 Å². The molecular formula is C21H27NO4. The van der Waals surface area contributed by atoms with Gasteiger partial charge in [-0.15, -0.1) is 0 Å². The van der Waals surface area contributed by atoms with Gasteiger partial charge in [0.1, 0.15) is 11.6 Å². The summed E-state index contributed by atoms with van der Waals surface area (Å²) in [5.41, 5.74) is 0.657. The number of hydrogen-bond donors (Lipinski definition) is 1. The molecular weight excluding hydrogens is 330 g/mol. The van der Waals surface area contributed by atoms with Crippen LogP contribution < -0.4 is 5.32 Å². The average molecular weight is 357 g/mol. The van der Waals surface area contributed by atoms with Gasteiger partial charge in [-0.25, -0.2) is 9.59 Å². The number of amides is 1. The van der Waals surface area contributed by atoms with Crippen molar-refractivity contribution in [3.05, 3.63) is 35.9 Å². The van der Waals surface area contributed by atoms with Crippen molar-refractivity contribution in [2.75, 3.05) is 7.11 Å². The maximum atomic E-state index is 12.6. The van der Waals surface area contributed by atoms with E-state index >= 15 is 0 Å². The van der Waals surface area contributed by atoms with Crippen molar-refractivity contribution in [1.29, 1.82) is 0 Å². The van der Waals surface area contributed by atoms with E-state index in [1.54, 1.807) is 0 Å². The molecule has 4 aliphatic carbocycles. The molecule has 4 aliphatic rings. The number of methoxy groups -OCH3 is 1. The number of alkyl carbamates (subject to hydrolysis) is 1. The molecule has 1 amide bonds. The maximum Gasteiger partial charge on any atom is 0.408 e. The van der Waals surface area contributed by atoms with Crippen LogP contribution in [0, 0.1) is 17.8 Å². The van der Waals surface area contributed by atoms with Gasteiger partial charge in [0.15, 0.2) is 0 Å². The SMILES string of the molecule is COC(=O)[C@H](Cc1ccccc1)NC(=O)OC12CC3CC(CC(C3)C1)C2. The molecule has 5 heteroatoms. The molecule has 1 aromatic rings. The van der Waals surface area contributed by atoms with Crippen LogP contribution in [0.4, 0.5) is 4.79 Å². The van der Waals surface area contributed by atoms with Crippen molar-refractivity contribution < 1.29 is 19.1 Å². The number of carbonyl (C=O) groups excluding carboxylic acids is 2. The molecule has 26 heavy (non-hydrogen) atoms. The quantitative estimate of drug-likeness (QED) is 0.820. The van der Waals surface area contributed by atoms with Crippen LogP contribution in [0.25, 0.3) is 0 Å². The van der Waals surface area contributed by atoms with Gasteiger partial charge in [-0.05, 0) is 61.8 Å². The van der Waals surface area contributed by atoms with E-state index in [1.807, 2.05) is 30.3 Å². The van der Waals surface area contributed by atoms with Gasteiger partial charge in [0.05, 0.1) is 7.11 Å². The van der Waals surface area contributed by atoms with E-state index in [0.29, 0.717) is 24.2 Å². The summed E-state index contributed by atoms with van der Waals surface area (Å²) in [6.07, 6.45) is 6.73. The van der Waals surface area contributed by atoms with E-state index in [4.69, 9.17) is 9.47 Å². The third kappa shape index (κ3) is 3.57. The molecule has 140 valence electrons. The molecule has 4 bridgehead atoms. The summed E-state index contributed by atoms with van der Waals surface area (Å²) in [7, 11) is 1.34. The minimum Gasteiger partial charge on any atom is -0.467 e. The summed E-state index contributed by atoms with van der Waals surface area (Å²) < 4.78 is 10.8. The number of ether oxygens (including phenoxy) is 2. The van der Waals surface area contributed by atoms with Crippen molar-refractivity contribution in [3.63, 3.8) is 0 Å². The molecule has 1 N–H and O–H groups in total. The predicted molar refractivity (Wildman–Crippen MR) is 96.5 cm³/mol. The molecule has 1 atom stereocenters. The zero-order valence-corrected chi connectivity index (χ0v) is 15.3. The van der Waals surface area contributed by atoms with Gasteiger partial charge in [-0.2, -0.15) is 0 Å². The third-order valence-corrected chi connectivity index (χ3v) is 6.35. The first-order valence-electron chi connectivity index (χ1n) is 9.66. The van der Waals surface area contributed by atoms with Gasteiger partial charge in [0.25, 0.3) is 0 Å². The van der Waals surface area contributed by atoms with E-state index < -0.39 is 18.1 Å². The normalized spacial score (nSPS) is 32.7. The van der Waals surface area contributed by atoms with Crippen molar-refractivity contribution in [1.82, 2.24) is 5.32 Å². The molecule has 0 radical (unpaired) electrons. The number of benzene rings is 1. The van der Waals surface area contributed by atoms with Crippen LogP contribution in [0.1, 0.15) is 44.1 Å². The second-order valence-corrected chi connectivity index (χ2v) is 8.40. The Kier molecular flexibility index (Phi) is 4.63. The highest BCUT2D eigenvalue weighted by atomic mass is 16.6. The Hall–Kier alpha value is -2.04. The van der Waals surface area contributed by atoms with Crippen LogP contribution in [0.5, 0.6) is 0 Å². The largest absolute Gasteiger partial charge is 0.467 e. The highest BCUT2D eigenvalue weighted by molar-refractivity contribution is 5.81. The molecule has 0 aromatic heterocycles. The van der Waals surface area contributed by atoms with Crippen LogP contribution in [-0.4, -0.2) is 30.8 Å². The highest BCUT2D eigenvalue weighted by Gasteiger charge is 2.53. The van der Waals surface area contributed by atoms with Crippen LogP contribution in [0.2, 0.25) is 0 Å². The lowest BCUT2D eigenvalue weighted by Gasteiger charge is -2.55. The van der Waals surface area contributed by atoms with Crippen LogP contribution in [0.15, 0.2) is 30.3 Å². The van der Waals surface area contributed by atoms with E-state index in [9.17, 15) is 9.59 Å². The summed E-state index contributed by atoms with van der Waals surface area (Å²) in [6.45, 7) is 0. The number of esters is 1. The Bertz CT molecular complexity index is 637. The van der Waals surface area contributed by atoms with E-state index in [-0.39, 0.29) is 5.60 Å². The first kappa shape index (κ1) is 17.4. The first-order valence-corrected chi connectivity index (χ1v) is 9.66. The van der Waals surface area contributed by atoms with Crippen molar-refractivity contribution >= 4 is 12.1 Å². The molecule has 0 heterocycles. The van der Waals surface area contributed by atoms with Gasteiger partial charge in [0.2, 0.25) is 0 Å². The maximum absolute atomic E-state index is 12.6. The summed E-state index contributed by atoms with van der Waals surface area (Å²) >= 11 is 0. The Morgan fingerprint density at radius 1 is 1.08 bits per heavy atom. The summed E-state index contributed by atoms with van der Waals surface area (Å²) in [5.74, 6) is 1.66. The van der Waals surface area contributed by atoms with Gasteiger partial charge in [-0.1, -0.05) is 30.3 Å². The lowest BCUT2D eigenvalue weighted by molar-refractivity contribution is -0.144. The monoisotopic (exact) mass is 357 g/mol. The Balaban J connectivity index is 1.41. The van der Waals surface area contributed by atoms with Gasteiger partial charge < -0.3 is 14.8 Å². The molecule has 4 saturated carbocycles. The van der Waals surface area contributed by atoms with Gasteiger partial charge in [-0.3, -0.25) is 0 Å². The number of rotatable bonds is 5. The summed E-state index contributed by atoms with van der Waals surface area (Å²) in [4.78, 5) is 24.7. The van der Waals surface area contributed by atoms with E-state index in [0.717, 1.165) is 24.8 Å². The standard InChI is InChI=1S/C21H27NO4/c1-25-19(23)18(10-14-5-3-2-4-6-14)22-20(24)26-21-11-15-7-16(12-21)9-17(8-15)13-21/h2-6,15-18H,7-13H2,1H3,(H,22,24)/t15?,16?,17?,18-,21?/m0/s1. The molecule has 0 unspecified atom stereocenters. The predicted octanol–water partition coefficient (Wildman–Crippen LogP) is 3.47. The Labute approximate surface area is 154 Å². The molecule has 5 rings (SSSR count). The smallest absolute Gasteiger partial charge is 0.408 e. The lowest BCUT2D eigenvalue weighted by Crippen LogP contribution is -2.55. The zero-order valence-electron chi connectivity index (χ0n) is 15.3. The third-order valence-electron chi connectivity index (χ3n) is 6.35. The molecule has 4 fully saturated rings. The van der Waals surface area contributed by atoms with Crippen molar-refractivity contribution in [2.45, 2.75) is 56.6 Å². The fraction of sp³-hybridized carbons (Fsp3) is 0.619. The topological polar surface area (TPSA) is 64.6 Å². The van der Waals surface area contributed by atoms with Crippen LogP contribution in [0.3, 0.4) is 0 Å². The molecule has 1 aromatic carbocycles. The minimum atomic E-state index is -0.733. The number of carbonyl (C=O) groups is 2. The lowest BCUT2D eigenvalue weighted by atomic mass is 9.54. The van der Waals surface area contributed by atoms with Crippen LogP contribution >= 0.6 is 0 Å². The summed E-state index contributed by atoms with van der Waals surface area (Å²) in [6, 6.07) is 8.88. The average Bonchev–Trinajstić information content (AvgIpc) is 2.59. The second kappa shape index (κ2) is 6.93. The summed E-state index contributed by atoms with van der Waals surface area (Å²) in [5, 5.41) is 2.76. The highest BCUT2D eigenvalue weighted by Crippen LogP contribution is 2.57. The fourth-order valence-electron chi connectivity index (χ4n) is 5.71. The first-order chi connectivity index (χ1) is 12.5. The van der Waals surface area contributed by atoms with Crippen molar-refractivity contribution in [3.8, 4) is 0 Å². The van der Waals surface area contributed by atoms with E-state index in [1.165, 1.54) is 26.4 Å². The fourth-order valence-corrected chi connectivity index (χ4v) is 5.71. The molecule has 0 saturated heterocycles. The minimum absolute atomic E-state index is 0.313. The Morgan fingerprint density at radius 2 is 1.65 bits per heavy atom. The van der Waals surface area contributed by atoms with E-state index in [2.05, 4.69) is 5.32 Å². The number of nitrogens with one attached hydrogen (secondary N) is 1. The second-order valence-electron chi connectivity index (χ2n) is 8.40. The molecule has 0 aliphatic heterocycles. The van der Waals surface area contributed by atoms with Crippen molar-refractivity contribution in [2.24, 2.45) is 17.8 Å².